The molecule has 1 aromatic carbocycles. The van der Waals surface area contributed by atoms with E-state index in [1.54, 1.807) is 11.0 Å². The van der Waals surface area contributed by atoms with Crippen molar-refractivity contribution in [3.8, 4) is 0 Å². The molecule has 2 saturated heterocycles. The lowest BCUT2D eigenvalue weighted by Gasteiger charge is -2.29. The van der Waals surface area contributed by atoms with Crippen LogP contribution in [0.25, 0.3) is 0 Å². The lowest BCUT2D eigenvalue weighted by molar-refractivity contribution is -0.136. The minimum Gasteiger partial charge on any atom is -0.388 e. The number of benzene rings is 1. The molecule has 3 aliphatic rings. The first-order chi connectivity index (χ1) is 13.5. The number of β-amino-alcohol motifs (C(OH)–C–C–N with tert-alkyl or cyclic N) is 1. The van der Waals surface area contributed by atoms with Crippen molar-refractivity contribution < 1.29 is 19.5 Å². The minimum absolute atomic E-state index is 0.155. The number of nitrogens with zero attached hydrogens (tertiary/aromatic N) is 1. The van der Waals surface area contributed by atoms with Gasteiger partial charge in [-0.2, -0.15) is 0 Å². The number of hydrogen-bond acceptors (Lipinski definition) is 6. The fraction of sp³-hybridized carbons (Fsp3) is 0.550. The molecular weight excluding hydrogens is 360 g/mol. The van der Waals surface area contributed by atoms with Crippen LogP contribution in [0.4, 0.5) is 0 Å². The Morgan fingerprint density at radius 2 is 2.14 bits per heavy atom. The van der Waals surface area contributed by atoms with Crippen LogP contribution in [-0.4, -0.2) is 59.0 Å². The number of nitrogens with one attached hydrogen (secondary N) is 3. The molecule has 4 rings (SSSR count). The topological polar surface area (TPSA) is 111 Å². The summed E-state index contributed by atoms with van der Waals surface area (Å²) >= 11 is 0. The smallest absolute Gasteiger partial charge is 0.255 e. The van der Waals surface area contributed by atoms with Crippen molar-refractivity contribution in [1.29, 1.82) is 0 Å². The van der Waals surface area contributed by atoms with Crippen molar-refractivity contribution in [2.24, 2.45) is 0 Å². The molecule has 8 nitrogen and oxygen atoms in total. The number of carbonyl (C=O) groups excluding carboxylic acids is 3. The van der Waals surface area contributed by atoms with Gasteiger partial charge in [0.1, 0.15) is 6.04 Å². The third kappa shape index (κ3) is 3.67. The van der Waals surface area contributed by atoms with Gasteiger partial charge in [-0.15, -0.1) is 0 Å². The number of rotatable bonds is 6. The van der Waals surface area contributed by atoms with Crippen LogP contribution < -0.4 is 16.0 Å². The Morgan fingerprint density at radius 1 is 1.29 bits per heavy atom. The SMILES string of the molecule is O=C1CCC(N2Cc3c(CNCCC4(O)CCNC4)cccc3C2=O)C(=O)N1. The zero-order valence-corrected chi connectivity index (χ0v) is 15.8. The zero-order valence-electron chi connectivity index (χ0n) is 15.8. The van der Waals surface area contributed by atoms with Crippen LogP contribution in [0.2, 0.25) is 0 Å². The highest BCUT2D eigenvalue weighted by molar-refractivity contribution is 6.05. The van der Waals surface area contributed by atoms with Crippen molar-refractivity contribution in [2.75, 3.05) is 19.6 Å². The predicted molar refractivity (Wildman–Crippen MR) is 101 cm³/mol. The summed E-state index contributed by atoms with van der Waals surface area (Å²) in [5, 5.41) is 19.3. The molecule has 150 valence electrons. The standard InChI is InChI=1S/C20H26N4O4/c25-17-5-4-16(18(26)23-17)24-11-15-13(2-1-3-14(15)19(24)27)10-21-8-6-20(28)7-9-22-12-20/h1-3,16,21-22,28H,4-12H2,(H,23,25,26). The third-order valence-electron chi connectivity index (χ3n) is 5.98. The highest BCUT2D eigenvalue weighted by Gasteiger charge is 2.39. The van der Waals surface area contributed by atoms with Crippen LogP contribution in [0.15, 0.2) is 18.2 Å². The van der Waals surface area contributed by atoms with Gasteiger partial charge in [0.15, 0.2) is 0 Å². The molecule has 1 aromatic rings. The summed E-state index contributed by atoms with van der Waals surface area (Å²) in [6.45, 7) is 3.15. The summed E-state index contributed by atoms with van der Waals surface area (Å²) in [5.41, 5.74) is 1.95. The first kappa shape index (κ1) is 19.0. The number of fused-ring (bicyclic) bond motifs is 1. The number of piperidine rings is 1. The second-order valence-electron chi connectivity index (χ2n) is 7.92. The Balaban J connectivity index is 1.40. The Morgan fingerprint density at radius 3 is 2.89 bits per heavy atom. The lowest BCUT2D eigenvalue weighted by Crippen LogP contribution is -2.52. The molecular formula is C20H26N4O4. The van der Waals surface area contributed by atoms with E-state index in [0.717, 1.165) is 24.1 Å². The second kappa shape index (κ2) is 7.62. The van der Waals surface area contributed by atoms with E-state index >= 15 is 0 Å². The average molecular weight is 386 g/mol. The van der Waals surface area contributed by atoms with Crippen LogP contribution in [0.1, 0.15) is 47.2 Å². The molecule has 2 atom stereocenters. The van der Waals surface area contributed by atoms with Crippen LogP contribution in [-0.2, 0) is 22.7 Å². The average Bonchev–Trinajstić information content (AvgIpc) is 3.24. The summed E-state index contributed by atoms with van der Waals surface area (Å²) in [6.07, 6.45) is 2.06. The Bertz CT molecular complexity index is 803. The molecule has 2 unspecified atom stereocenters. The molecule has 0 aliphatic carbocycles. The van der Waals surface area contributed by atoms with Crippen molar-refractivity contribution >= 4 is 17.7 Å². The fourth-order valence-corrected chi connectivity index (χ4v) is 4.30. The number of aliphatic hydroxyl groups is 1. The van der Waals surface area contributed by atoms with Gasteiger partial charge in [-0.1, -0.05) is 12.1 Å². The van der Waals surface area contributed by atoms with Crippen LogP contribution in [0.3, 0.4) is 0 Å². The molecule has 3 amide bonds. The van der Waals surface area contributed by atoms with Gasteiger partial charge >= 0.3 is 0 Å². The van der Waals surface area contributed by atoms with Gasteiger partial charge in [0.05, 0.1) is 5.60 Å². The van der Waals surface area contributed by atoms with Crippen molar-refractivity contribution in [2.45, 2.75) is 50.4 Å². The van der Waals surface area contributed by atoms with Gasteiger partial charge in [0.2, 0.25) is 11.8 Å². The Labute approximate surface area is 163 Å². The van der Waals surface area contributed by atoms with E-state index in [-0.39, 0.29) is 18.2 Å². The Hall–Kier alpha value is -2.29. The predicted octanol–water partition coefficient (Wildman–Crippen LogP) is -0.348. The first-order valence-electron chi connectivity index (χ1n) is 9.86. The van der Waals surface area contributed by atoms with E-state index in [1.807, 2.05) is 12.1 Å². The van der Waals surface area contributed by atoms with Crippen LogP contribution in [0, 0.1) is 0 Å². The zero-order chi connectivity index (χ0) is 19.7. The molecule has 3 heterocycles. The normalized spacial score (nSPS) is 27.2. The summed E-state index contributed by atoms with van der Waals surface area (Å²) in [7, 11) is 0. The Kier molecular flexibility index (Phi) is 5.18. The van der Waals surface area contributed by atoms with Gasteiger partial charge in [0.25, 0.3) is 5.91 Å². The third-order valence-corrected chi connectivity index (χ3v) is 5.98. The summed E-state index contributed by atoms with van der Waals surface area (Å²) < 4.78 is 0. The maximum Gasteiger partial charge on any atom is 0.255 e. The van der Waals surface area contributed by atoms with Gasteiger partial charge < -0.3 is 20.6 Å². The van der Waals surface area contributed by atoms with Crippen LogP contribution >= 0.6 is 0 Å². The van der Waals surface area contributed by atoms with E-state index < -0.39 is 17.6 Å². The first-order valence-corrected chi connectivity index (χ1v) is 9.86. The molecule has 28 heavy (non-hydrogen) atoms. The van der Waals surface area contributed by atoms with Crippen molar-refractivity contribution in [3.05, 3.63) is 34.9 Å². The summed E-state index contributed by atoms with van der Waals surface area (Å²) in [6, 6.07) is 5.04. The minimum atomic E-state index is -0.635. The summed E-state index contributed by atoms with van der Waals surface area (Å²) in [4.78, 5) is 38.0. The molecule has 0 bridgehead atoms. The van der Waals surface area contributed by atoms with Gasteiger partial charge in [-0.3, -0.25) is 19.7 Å². The molecule has 0 spiro atoms. The van der Waals surface area contributed by atoms with Crippen molar-refractivity contribution in [3.63, 3.8) is 0 Å². The van der Waals surface area contributed by atoms with Gasteiger partial charge in [-0.05, 0) is 49.5 Å². The van der Waals surface area contributed by atoms with Crippen molar-refractivity contribution in [1.82, 2.24) is 20.9 Å². The maximum absolute atomic E-state index is 12.8. The quantitative estimate of drug-likeness (QED) is 0.393. The molecule has 0 aromatic heterocycles. The lowest BCUT2D eigenvalue weighted by atomic mass is 9.99. The maximum atomic E-state index is 12.8. The molecule has 0 radical (unpaired) electrons. The van der Waals surface area contributed by atoms with E-state index in [9.17, 15) is 19.5 Å². The highest BCUT2D eigenvalue weighted by atomic mass is 16.3. The molecule has 4 N–H and O–H groups in total. The van der Waals surface area contributed by atoms with E-state index in [2.05, 4.69) is 16.0 Å². The summed E-state index contributed by atoms with van der Waals surface area (Å²) in [5.74, 6) is -0.831. The number of carbonyl (C=O) groups is 3. The molecule has 3 aliphatic heterocycles. The highest BCUT2D eigenvalue weighted by Crippen LogP contribution is 2.29. The molecule has 0 saturated carbocycles. The van der Waals surface area contributed by atoms with Crippen LogP contribution in [0.5, 0.6) is 0 Å². The van der Waals surface area contributed by atoms with E-state index in [0.29, 0.717) is 44.6 Å². The molecule has 8 heteroatoms. The molecule has 2 fully saturated rings. The van der Waals surface area contributed by atoms with Gasteiger partial charge in [-0.25, -0.2) is 0 Å². The fourth-order valence-electron chi connectivity index (χ4n) is 4.30. The van der Waals surface area contributed by atoms with E-state index in [4.69, 9.17) is 0 Å². The largest absolute Gasteiger partial charge is 0.388 e. The number of amides is 3. The number of imide groups is 1. The number of hydrogen-bond donors (Lipinski definition) is 4. The monoisotopic (exact) mass is 386 g/mol. The second-order valence-corrected chi connectivity index (χ2v) is 7.92. The van der Waals surface area contributed by atoms with E-state index in [1.165, 1.54) is 0 Å². The van der Waals surface area contributed by atoms with Gasteiger partial charge in [0, 0.05) is 31.6 Å².